The molecule has 1 N–H and O–H groups in total. The van der Waals surface area contributed by atoms with Crippen LogP contribution in [0.5, 0.6) is 0 Å². The van der Waals surface area contributed by atoms with Crippen LogP contribution in [-0.4, -0.2) is 41.8 Å². The average molecular weight is 239 g/mol. The van der Waals surface area contributed by atoms with Gasteiger partial charge in [-0.05, 0) is 6.92 Å². The lowest BCUT2D eigenvalue weighted by molar-refractivity contribution is 0.102. The third-order valence-electron chi connectivity index (χ3n) is 2.73. The van der Waals surface area contributed by atoms with Crippen molar-refractivity contribution in [3.8, 4) is 0 Å². The smallest absolute Gasteiger partial charge is 0.171 e. The number of ketones is 1. The zero-order valence-electron chi connectivity index (χ0n) is 9.75. The highest BCUT2D eigenvalue weighted by Crippen LogP contribution is 2.20. The summed E-state index contributed by atoms with van der Waals surface area (Å²) in [4.78, 5) is 19.0. The Morgan fingerprint density at radius 2 is 2.19 bits per heavy atom. The van der Waals surface area contributed by atoms with Gasteiger partial charge < -0.3 is 5.32 Å². The molecule has 0 aromatic carbocycles. The van der Waals surface area contributed by atoms with Crippen molar-refractivity contribution < 1.29 is 4.79 Å². The standard InChI is InChI=1S/C11H17N3OS/c1-8-11(9(2)15)16-10(13-8)7-14-5-3-12-4-6-14/h12H,3-7H2,1-2H3. The zero-order chi connectivity index (χ0) is 11.5. The summed E-state index contributed by atoms with van der Waals surface area (Å²) in [6, 6.07) is 0. The van der Waals surface area contributed by atoms with Crippen molar-refractivity contribution in [2.24, 2.45) is 0 Å². The van der Waals surface area contributed by atoms with E-state index in [4.69, 9.17) is 0 Å². The lowest BCUT2D eigenvalue weighted by Crippen LogP contribution is -2.42. The van der Waals surface area contributed by atoms with Gasteiger partial charge in [-0.3, -0.25) is 9.69 Å². The van der Waals surface area contributed by atoms with Gasteiger partial charge in [-0.15, -0.1) is 11.3 Å². The van der Waals surface area contributed by atoms with Crippen LogP contribution in [0.1, 0.15) is 27.3 Å². The van der Waals surface area contributed by atoms with Gasteiger partial charge in [-0.25, -0.2) is 4.98 Å². The fraction of sp³-hybridized carbons (Fsp3) is 0.636. The number of nitrogens with one attached hydrogen (secondary N) is 1. The van der Waals surface area contributed by atoms with Crippen LogP contribution in [0, 0.1) is 6.92 Å². The predicted molar refractivity (Wildman–Crippen MR) is 65.0 cm³/mol. The SMILES string of the molecule is CC(=O)c1sc(CN2CCNCC2)nc1C. The van der Waals surface area contributed by atoms with Crippen LogP contribution in [0.3, 0.4) is 0 Å². The number of nitrogens with zero attached hydrogens (tertiary/aromatic N) is 2. The first kappa shape index (κ1) is 11.7. The largest absolute Gasteiger partial charge is 0.314 e. The van der Waals surface area contributed by atoms with Gasteiger partial charge in [-0.2, -0.15) is 0 Å². The van der Waals surface area contributed by atoms with Crippen LogP contribution < -0.4 is 5.32 Å². The second kappa shape index (κ2) is 5.03. The molecule has 1 saturated heterocycles. The molecule has 88 valence electrons. The lowest BCUT2D eigenvalue weighted by Gasteiger charge is -2.26. The van der Waals surface area contributed by atoms with E-state index in [0.717, 1.165) is 48.3 Å². The number of aromatic nitrogens is 1. The number of hydrogen-bond acceptors (Lipinski definition) is 5. The van der Waals surface area contributed by atoms with Crippen LogP contribution in [-0.2, 0) is 6.54 Å². The molecular formula is C11H17N3OS. The average Bonchev–Trinajstić information content (AvgIpc) is 2.61. The molecule has 0 atom stereocenters. The summed E-state index contributed by atoms with van der Waals surface area (Å²) >= 11 is 1.54. The molecule has 16 heavy (non-hydrogen) atoms. The van der Waals surface area contributed by atoms with Gasteiger partial charge >= 0.3 is 0 Å². The molecule has 0 aliphatic carbocycles. The molecule has 2 rings (SSSR count). The van der Waals surface area contributed by atoms with Gasteiger partial charge in [0.1, 0.15) is 5.01 Å². The molecule has 0 spiro atoms. The van der Waals surface area contributed by atoms with E-state index in [1.165, 1.54) is 11.3 Å². The van der Waals surface area contributed by atoms with Crippen LogP contribution in [0.25, 0.3) is 0 Å². The molecule has 0 radical (unpaired) electrons. The Balaban J connectivity index is 2.03. The minimum atomic E-state index is 0.126. The number of Topliss-reactive ketones (excluding diaryl/α,β-unsaturated/α-hetero) is 1. The van der Waals surface area contributed by atoms with Crippen molar-refractivity contribution in [3.63, 3.8) is 0 Å². The zero-order valence-corrected chi connectivity index (χ0v) is 10.6. The van der Waals surface area contributed by atoms with Crippen LogP contribution in [0.4, 0.5) is 0 Å². The molecule has 0 saturated carbocycles. The van der Waals surface area contributed by atoms with Crippen LogP contribution >= 0.6 is 11.3 Å². The van der Waals surface area contributed by atoms with Gasteiger partial charge in [0.05, 0.1) is 17.1 Å². The Labute approximate surface area is 99.7 Å². The highest BCUT2D eigenvalue weighted by atomic mass is 32.1. The molecule has 0 amide bonds. The van der Waals surface area contributed by atoms with E-state index in [2.05, 4.69) is 15.2 Å². The monoisotopic (exact) mass is 239 g/mol. The van der Waals surface area contributed by atoms with Crippen molar-refractivity contribution in [3.05, 3.63) is 15.6 Å². The molecule has 5 heteroatoms. The molecule has 4 nitrogen and oxygen atoms in total. The minimum absolute atomic E-state index is 0.126. The normalized spacial score (nSPS) is 17.6. The summed E-state index contributed by atoms with van der Waals surface area (Å²) < 4.78 is 0. The Morgan fingerprint density at radius 3 is 2.75 bits per heavy atom. The molecular weight excluding hydrogens is 222 g/mol. The van der Waals surface area contributed by atoms with E-state index in [-0.39, 0.29) is 5.78 Å². The molecule has 1 aromatic rings. The second-order valence-electron chi connectivity index (χ2n) is 4.10. The van der Waals surface area contributed by atoms with E-state index in [9.17, 15) is 4.79 Å². The summed E-state index contributed by atoms with van der Waals surface area (Å²) in [7, 11) is 0. The summed E-state index contributed by atoms with van der Waals surface area (Å²) in [6.45, 7) is 8.61. The van der Waals surface area contributed by atoms with Gasteiger partial charge in [0, 0.05) is 33.1 Å². The van der Waals surface area contributed by atoms with Crippen molar-refractivity contribution >= 4 is 17.1 Å². The molecule has 0 unspecified atom stereocenters. The molecule has 1 aliphatic heterocycles. The van der Waals surface area contributed by atoms with Gasteiger partial charge in [0.2, 0.25) is 0 Å². The van der Waals surface area contributed by atoms with Crippen molar-refractivity contribution in [1.29, 1.82) is 0 Å². The highest BCUT2D eigenvalue weighted by molar-refractivity contribution is 7.13. The Kier molecular flexibility index (Phi) is 3.68. The number of carbonyl (C=O) groups excluding carboxylic acids is 1. The topological polar surface area (TPSA) is 45.2 Å². The Morgan fingerprint density at radius 1 is 1.50 bits per heavy atom. The summed E-state index contributed by atoms with van der Waals surface area (Å²) in [5.41, 5.74) is 0.877. The molecule has 2 heterocycles. The van der Waals surface area contributed by atoms with Gasteiger partial charge in [0.15, 0.2) is 5.78 Å². The van der Waals surface area contributed by atoms with Gasteiger partial charge in [0.25, 0.3) is 0 Å². The summed E-state index contributed by atoms with van der Waals surface area (Å²) in [5.74, 6) is 0.126. The molecule has 1 aromatic heterocycles. The number of rotatable bonds is 3. The van der Waals surface area contributed by atoms with Crippen LogP contribution in [0.15, 0.2) is 0 Å². The fourth-order valence-corrected chi connectivity index (χ4v) is 2.91. The predicted octanol–water partition coefficient (Wildman–Crippen LogP) is 1.06. The fourth-order valence-electron chi connectivity index (χ4n) is 1.91. The highest BCUT2D eigenvalue weighted by Gasteiger charge is 2.15. The van der Waals surface area contributed by atoms with Crippen molar-refractivity contribution in [1.82, 2.24) is 15.2 Å². The number of aryl methyl sites for hydroxylation is 1. The van der Waals surface area contributed by atoms with E-state index in [1.807, 2.05) is 6.92 Å². The third kappa shape index (κ3) is 2.66. The van der Waals surface area contributed by atoms with Gasteiger partial charge in [-0.1, -0.05) is 0 Å². The summed E-state index contributed by atoms with van der Waals surface area (Å²) in [6.07, 6.45) is 0. The summed E-state index contributed by atoms with van der Waals surface area (Å²) in [5, 5.41) is 4.38. The minimum Gasteiger partial charge on any atom is -0.314 e. The second-order valence-corrected chi connectivity index (χ2v) is 5.19. The molecule has 1 fully saturated rings. The quantitative estimate of drug-likeness (QED) is 0.801. The number of thiazole rings is 1. The first-order valence-corrected chi connectivity index (χ1v) is 6.39. The maximum Gasteiger partial charge on any atom is 0.171 e. The van der Waals surface area contributed by atoms with E-state index >= 15 is 0 Å². The number of carbonyl (C=O) groups is 1. The van der Waals surface area contributed by atoms with Crippen LogP contribution in [0.2, 0.25) is 0 Å². The Bertz CT molecular complexity index is 383. The number of hydrogen-bond donors (Lipinski definition) is 1. The maximum atomic E-state index is 11.3. The van der Waals surface area contributed by atoms with E-state index < -0.39 is 0 Å². The molecule has 0 bridgehead atoms. The maximum absolute atomic E-state index is 11.3. The first-order valence-electron chi connectivity index (χ1n) is 5.57. The number of piperazine rings is 1. The van der Waals surface area contributed by atoms with Crippen molar-refractivity contribution in [2.75, 3.05) is 26.2 Å². The first-order chi connectivity index (χ1) is 7.66. The van der Waals surface area contributed by atoms with E-state index in [0.29, 0.717) is 0 Å². The third-order valence-corrected chi connectivity index (χ3v) is 3.97. The Hall–Kier alpha value is -0.780. The lowest BCUT2D eigenvalue weighted by atomic mass is 10.3. The van der Waals surface area contributed by atoms with Crippen molar-refractivity contribution in [2.45, 2.75) is 20.4 Å². The molecule has 1 aliphatic rings. The van der Waals surface area contributed by atoms with E-state index in [1.54, 1.807) is 6.92 Å².